The predicted octanol–water partition coefficient (Wildman–Crippen LogP) is 3.55. The van der Waals surface area contributed by atoms with E-state index in [1.54, 1.807) is 6.26 Å². The summed E-state index contributed by atoms with van der Waals surface area (Å²) in [5, 5.41) is 2.10. The summed E-state index contributed by atoms with van der Waals surface area (Å²) < 4.78 is 26.8. The summed E-state index contributed by atoms with van der Waals surface area (Å²) in [6, 6.07) is 7.34. The first-order valence-corrected chi connectivity index (χ1v) is 7.77. The summed E-state index contributed by atoms with van der Waals surface area (Å²) >= 11 is 1.27. The number of fused-ring (bicyclic) bond motifs is 1. The van der Waals surface area contributed by atoms with Crippen LogP contribution in [0.15, 0.2) is 36.4 Å². The van der Waals surface area contributed by atoms with Gasteiger partial charge in [-0.2, -0.15) is 0 Å². The molecule has 1 aliphatic rings. The third-order valence-electron chi connectivity index (χ3n) is 3.49. The second kappa shape index (κ2) is 5.53. The van der Waals surface area contributed by atoms with Crippen LogP contribution in [0.25, 0.3) is 0 Å². The maximum Gasteiger partial charge on any atom is 0.242 e. The number of carbonyl (C=O) groups is 2. The Morgan fingerprint density at radius 1 is 1.14 bits per heavy atom. The van der Waals surface area contributed by atoms with E-state index < -0.39 is 22.7 Å². The number of ketones is 1. The molecule has 3 nitrogen and oxygen atoms in total. The maximum absolute atomic E-state index is 13.8. The second-order valence-electron chi connectivity index (χ2n) is 4.86. The van der Waals surface area contributed by atoms with E-state index in [-0.39, 0.29) is 17.0 Å². The minimum absolute atomic E-state index is 0.0755. The van der Waals surface area contributed by atoms with Crippen LogP contribution in [0.2, 0.25) is 0 Å². The molecule has 1 aliphatic heterocycles. The average molecular weight is 319 g/mol. The molecule has 2 aromatic rings. The minimum Gasteiger partial charge on any atom is -0.324 e. The number of thioether (sulfide) groups is 1. The molecular weight excluding hydrogens is 308 g/mol. The van der Waals surface area contributed by atoms with E-state index in [4.69, 9.17) is 0 Å². The molecule has 2 aromatic carbocycles. The lowest BCUT2D eigenvalue weighted by Gasteiger charge is -2.09. The van der Waals surface area contributed by atoms with Crippen molar-refractivity contribution in [1.29, 1.82) is 0 Å². The smallest absolute Gasteiger partial charge is 0.242 e. The molecule has 0 aromatic heterocycles. The van der Waals surface area contributed by atoms with E-state index in [1.165, 1.54) is 30.0 Å². The molecule has 1 atom stereocenters. The fourth-order valence-corrected chi connectivity index (χ4v) is 3.19. The van der Waals surface area contributed by atoms with Gasteiger partial charge >= 0.3 is 0 Å². The molecule has 6 heteroatoms. The lowest BCUT2D eigenvalue weighted by atomic mass is 9.99. The van der Waals surface area contributed by atoms with Crippen molar-refractivity contribution in [3.05, 3.63) is 64.7 Å². The number of amides is 1. The molecule has 1 amide bonds. The minimum atomic E-state index is -0.584. The summed E-state index contributed by atoms with van der Waals surface area (Å²) in [5.41, 5.74) is 1.10. The molecule has 0 saturated heterocycles. The van der Waals surface area contributed by atoms with Gasteiger partial charge in [0.15, 0.2) is 5.78 Å². The molecule has 1 unspecified atom stereocenters. The number of benzene rings is 2. The van der Waals surface area contributed by atoms with E-state index in [1.807, 2.05) is 0 Å². The van der Waals surface area contributed by atoms with E-state index in [9.17, 15) is 18.4 Å². The van der Waals surface area contributed by atoms with Gasteiger partial charge in [0.05, 0.1) is 5.69 Å². The highest BCUT2D eigenvalue weighted by molar-refractivity contribution is 7.99. The Morgan fingerprint density at radius 2 is 1.82 bits per heavy atom. The van der Waals surface area contributed by atoms with Gasteiger partial charge in [0.2, 0.25) is 5.91 Å². The van der Waals surface area contributed by atoms with Gasteiger partial charge < -0.3 is 5.32 Å². The fraction of sp³-hybridized carbons (Fsp3) is 0.125. The van der Waals surface area contributed by atoms with Gasteiger partial charge in [0, 0.05) is 16.7 Å². The first-order chi connectivity index (χ1) is 10.5. The molecule has 0 saturated carbocycles. The highest BCUT2D eigenvalue weighted by Gasteiger charge is 2.34. The highest BCUT2D eigenvalue weighted by Crippen LogP contribution is 2.41. The largest absolute Gasteiger partial charge is 0.324 e. The maximum atomic E-state index is 13.8. The van der Waals surface area contributed by atoms with Gasteiger partial charge in [-0.05, 0) is 42.7 Å². The Balaban J connectivity index is 2.11. The summed E-state index contributed by atoms with van der Waals surface area (Å²) in [7, 11) is 0. The third kappa shape index (κ3) is 2.39. The molecule has 0 fully saturated rings. The first kappa shape index (κ1) is 14.7. The molecule has 0 aliphatic carbocycles. The van der Waals surface area contributed by atoms with E-state index in [2.05, 4.69) is 5.32 Å². The van der Waals surface area contributed by atoms with Gasteiger partial charge in [0.1, 0.15) is 16.9 Å². The molecule has 0 radical (unpaired) electrons. The molecule has 3 rings (SSSR count). The van der Waals surface area contributed by atoms with Gasteiger partial charge in [-0.25, -0.2) is 8.78 Å². The van der Waals surface area contributed by atoms with Crippen LogP contribution in [-0.4, -0.2) is 17.9 Å². The lowest BCUT2D eigenvalue weighted by Crippen LogP contribution is -2.10. The zero-order valence-corrected chi connectivity index (χ0v) is 12.3. The second-order valence-corrected chi connectivity index (χ2v) is 5.80. The Kier molecular flexibility index (Phi) is 3.70. The zero-order valence-electron chi connectivity index (χ0n) is 11.5. The van der Waals surface area contributed by atoms with Crippen molar-refractivity contribution in [2.45, 2.75) is 5.25 Å². The van der Waals surface area contributed by atoms with Crippen molar-refractivity contribution in [3.8, 4) is 0 Å². The number of anilines is 1. The van der Waals surface area contributed by atoms with Crippen molar-refractivity contribution < 1.29 is 18.4 Å². The molecule has 1 heterocycles. The predicted molar refractivity (Wildman–Crippen MR) is 81.1 cm³/mol. The number of nitrogens with one attached hydrogen (secondary N) is 1. The molecular formula is C16H11F2NO2S. The monoisotopic (exact) mass is 319 g/mol. The van der Waals surface area contributed by atoms with Crippen LogP contribution >= 0.6 is 11.8 Å². The van der Waals surface area contributed by atoms with Crippen LogP contribution in [0.3, 0.4) is 0 Å². The van der Waals surface area contributed by atoms with E-state index in [0.717, 1.165) is 18.2 Å². The summed E-state index contributed by atoms with van der Waals surface area (Å²) in [4.78, 5) is 24.4. The van der Waals surface area contributed by atoms with Gasteiger partial charge in [-0.1, -0.05) is 0 Å². The van der Waals surface area contributed by atoms with Crippen molar-refractivity contribution in [3.63, 3.8) is 0 Å². The van der Waals surface area contributed by atoms with Crippen LogP contribution < -0.4 is 5.32 Å². The number of halogens is 2. The molecule has 112 valence electrons. The zero-order chi connectivity index (χ0) is 15.9. The van der Waals surface area contributed by atoms with Crippen molar-refractivity contribution in [2.75, 3.05) is 11.6 Å². The van der Waals surface area contributed by atoms with Crippen molar-refractivity contribution in [1.82, 2.24) is 0 Å². The van der Waals surface area contributed by atoms with E-state index in [0.29, 0.717) is 11.3 Å². The van der Waals surface area contributed by atoms with Crippen LogP contribution in [0.1, 0.15) is 26.7 Å². The third-order valence-corrected chi connectivity index (χ3v) is 4.43. The first-order valence-electron chi connectivity index (χ1n) is 6.48. The van der Waals surface area contributed by atoms with Gasteiger partial charge in [-0.15, -0.1) is 11.8 Å². The van der Waals surface area contributed by atoms with E-state index >= 15 is 0 Å². The average Bonchev–Trinajstić information content (AvgIpc) is 2.81. The van der Waals surface area contributed by atoms with Gasteiger partial charge in [-0.3, -0.25) is 9.59 Å². The van der Waals surface area contributed by atoms with Crippen LogP contribution in [0, 0.1) is 11.6 Å². The number of carbonyl (C=O) groups excluding carboxylic acids is 2. The molecule has 0 bridgehead atoms. The lowest BCUT2D eigenvalue weighted by molar-refractivity contribution is -0.115. The number of hydrogen-bond acceptors (Lipinski definition) is 3. The van der Waals surface area contributed by atoms with Crippen molar-refractivity contribution in [2.24, 2.45) is 0 Å². The molecule has 22 heavy (non-hydrogen) atoms. The number of rotatable bonds is 3. The SMILES string of the molecule is CSC1C(=O)Nc2c(C(=O)c3ccc(F)cc3)cc(F)cc21. The topological polar surface area (TPSA) is 46.2 Å². The normalized spacial score (nSPS) is 16.3. The summed E-state index contributed by atoms with van der Waals surface area (Å²) in [6.07, 6.45) is 1.74. The summed E-state index contributed by atoms with van der Waals surface area (Å²) in [5.74, 6) is -1.78. The Bertz CT molecular complexity index is 774. The number of hydrogen-bond donors (Lipinski definition) is 1. The van der Waals surface area contributed by atoms with Crippen LogP contribution in [0.5, 0.6) is 0 Å². The summed E-state index contributed by atoms with van der Waals surface area (Å²) in [6.45, 7) is 0. The molecule has 1 N–H and O–H groups in total. The Morgan fingerprint density at radius 3 is 2.45 bits per heavy atom. The standard InChI is InChI=1S/C16H11F2NO2S/c1-22-15-12-7-10(18)6-11(13(12)19-16(15)21)14(20)8-2-4-9(17)5-3-8/h2-7,15H,1H3,(H,19,21). The quantitative estimate of drug-likeness (QED) is 0.880. The van der Waals surface area contributed by atoms with Crippen LogP contribution in [-0.2, 0) is 4.79 Å². The molecule has 0 spiro atoms. The highest BCUT2D eigenvalue weighted by atomic mass is 32.2. The van der Waals surface area contributed by atoms with Crippen molar-refractivity contribution >= 4 is 29.1 Å². The van der Waals surface area contributed by atoms with Crippen LogP contribution in [0.4, 0.5) is 14.5 Å². The Labute approximate surface area is 129 Å². The van der Waals surface area contributed by atoms with Gasteiger partial charge in [0.25, 0.3) is 0 Å². The Hall–Kier alpha value is -2.21. The fourth-order valence-electron chi connectivity index (χ4n) is 2.47.